The fraction of sp³-hybridized carbons (Fsp3) is 0.462. The van der Waals surface area contributed by atoms with Crippen LogP contribution in [0.25, 0.3) is 0 Å². The molecular weight excluding hydrogens is 224 g/mol. The summed E-state index contributed by atoms with van der Waals surface area (Å²) in [4.78, 5) is 11.3. The predicted octanol–water partition coefficient (Wildman–Crippen LogP) is 3.33. The summed E-state index contributed by atoms with van der Waals surface area (Å²) in [6.45, 7) is 0. The van der Waals surface area contributed by atoms with Crippen LogP contribution >= 0.6 is 11.6 Å². The van der Waals surface area contributed by atoms with Crippen LogP contribution in [0.5, 0.6) is 0 Å². The Bertz CT molecular complexity index is 463. The summed E-state index contributed by atoms with van der Waals surface area (Å²) in [6, 6.07) is 5.66. The van der Waals surface area contributed by atoms with Gasteiger partial charge in [0.05, 0.1) is 5.92 Å². The molecule has 1 spiro atoms. The van der Waals surface area contributed by atoms with E-state index in [1.807, 2.05) is 18.2 Å². The second kappa shape index (κ2) is 3.24. The quantitative estimate of drug-likeness (QED) is 0.812. The molecule has 0 saturated heterocycles. The summed E-state index contributed by atoms with van der Waals surface area (Å²) in [5.74, 6) is -1.07. The van der Waals surface area contributed by atoms with Crippen LogP contribution in [-0.4, -0.2) is 11.1 Å². The van der Waals surface area contributed by atoms with E-state index in [-0.39, 0.29) is 11.3 Å². The van der Waals surface area contributed by atoms with E-state index in [4.69, 9.17) is 11.6 Å². The molecule has 1 N–H and O–H groups in total. The lowest BCUT2D eigenvalue weighted by Crippen LogP contribution is -2.32. The molecule has 84 valence electrons. The fourth-order valence-electron chi connectivity index (χ4n) is 3.27. The molecule has 0 radical (unpaired) electrons. The monoisotopic (exact) mass is 236 g/mol. The Morgan fingerprint density at radius 3 is 2.75 bits per heavy atom. The van der Waals surface area contributed by atoms with E-state index < -0.39 is 5.97 Å². The lowest BCUT2D eigenvalue weighted by atomic mass is 9.65. The van der Waals surface area contributed by atoms with Crippen molar-refractivity contribution in [2.45, 2.75) is 37.0 Å². The minimum atomic E-state index is -0.715. The largest absolute Gasteiger partial charge is 0.481 e. The van der Waals surface area contributed by atoms with Crippen LogP contribution in [0.4, 0.5) is 0 Å². The number of aliphatic carboxylic acids is 1. The topological polar surface area (TPSA) is 37.3 Å². The Morgan fingerprint density at radius 1 is 1.44 bits per heavy atom. The van der Waals surface area contributed by atoms with Gasteiger partial charge in [-0.15, -0.1) is 0 Å². The van der Waals surface area contributed by atoms with Gasteiger partial charge in [-0.2, -0.15) is 0 Å². The molecular formula is C13H13ClO2. The molecule has 1 unspecified atom stereocenters. The molecule has 0 amide bonds. The first-order valence-corrected chi connectivity index (χ1v) is 6.03. The van der Waals surface area contributed by atoms with E-state index in [1.54, 1.807) is 0 Å². The van der Waals surface area contributed by atoms with E-state index in [2.05, 4.69) is 0 Å². The number of carboxylic acids is 1. The number of benzene rings is 1. The summed E-state index contributed by atoms with van der Waals surface area (Å²) in [5.41, 5.74) is 2.14. The van der Waals surface area contributed by atoms with E-state index in [1.165, 1.54) is 6.42 Å². The van der Waals surface area contributed by atoms with Gasteiger partial charge in [0.2, 0.25) is 0 Å². The van der Waals surface area contributed by atoms with Gasteiger partial charge in [-0.05, 0) is 41.9 Å². The van der Waals surface area contributed by atoms with Crippen molar-refractivity contribution in [1.82, 2.24) is 0 Å². The highest BCUT2D eigenvalue weighted by molar-refractivity contribution is 6.31. The minimum absolute atomic E-state index is 0.0801. The summed E-state index contributed by atoms with van der Waals surface area (Å²) in [5, 5.41) is 10.0. The van der Waals surface area contributed by atoms with Crippen molar-refractivity contribution in [2.24, 2.45) is 0 Å². The van der Waals surface area contributed by atoms with Gasteiger partial charge in [0.1, 0.15) is 0 Å². The molecule has 3 heteroatoms. The number of carbonyl (C=O) groups is 1. The van der Waals surface area contributed by atoms with Crippen molar-refractivity contribution < 1.29 is 9.90 Å². The molecule has 1 saturated carbocycles. The maximum absolute atomic E-state index is 11.3. The number of fused-ring (bicyclic) bond motifs is 2. The van der Waals surface area contributed by atoms with Crippen molar-refractivity contribution in [3.05, 3.63) is 34.3 Å². The second-order valence-corrected chi connectivity index (χ2v) is 5.34. The van der Waals surface area contributed by atoms with Crippen molar-refractivity contribution in [2.75, 3.05) is 0 Å². The van der Waals surface area contributed by atoms with Gasteiger partial charge in [0, 0.05) is 5.02 Å². The van der Waals surface area contributed by atoms with E-state index in [0.717, 1.165) is 35.4 Å². The molecule has 1 atom stereocenters. The lowest BCUT2D eigenvalue weighted by Gasteiger charge is -2.40. The maximum atomic E-state index is 11.3. The fourth-order valence-corrected chi connectivity index (χ4v) is 3.65. The van der Waals surface area contributed by atoms with Crippen LogP contribution in [0.2, 0.25) is 5.02 Å². The first-order valence-electron chi connectivity index (χ1n) is 5.66. The highest BCUT2D eigenvalue weighted by atomic mass is 35.5. The van der Waals surface area contributed by atoms with Gasteiger partial charge >= 0.3 is 5.97 Å². The van der Waals surface area contributed by atoms with E-state index in [0.29, 0.717) is 0 Å². The average Bonchev–Trinajstić information content (AvgIpc) is 2.54. The smallest absolute Gasteiger partial charge is 0.311 e. The molecule has 2 aliphatic rings. The molecule has 3 rings (SSSR count). The molecule has 0 aliphatic heterocycles. The molecule has 1 aromatic carbocycles. The Balaban J connectivity index is 2.18. The number of hydrogen-bond acceptors (Lipinski definition) is 1. The first kappa shape index (κ1) is 10.2. The molecule has 0 aromatic heterocycles. The van der Waals surface area contributed by atoms with Gasteiger partial charge in [-0.25, -0.2) is 0 Å². The van der Waals surface area contributed by atoms with Crippen LogP contribution in [0.1, 0.15) is 42.7 Å². The Morgan fingerprint density at radius 2 is 2.19 bits per heavy atom. The molecule has 0 bridgehead atoms. The third kappa shape index (κ3) is 1.17. The third-order valence-electron chi connectivity index (χ3n) is 4.16. The number of hydrogen-bond donors (Lipinski definition) is 1. The van der Waals surface area contributed by atoms with E-state index in [9.17, 15) is 9.90 Å². The Hall–Kier alpha value is -1.02. The van der Waals surface area contributed by atoms with Crippen LogP contribution in [0.3, 0.4) is 0 Å². The van der Waals surface area contributed by atoms with Crippen LogP contribution in [-0.2, 0) is 10.2 Å². The summed E-state index contributed by atoms with van der Waals surface area (Å²) < 4.78 is 0. The summed E-state index contributed by atoms with van der Waals surface area (Å²) in [7, 11) is 0. The lowest BCUT2D eigenvalue weighted by molar-refractivity contribution is -0.139. The average molecular weight is 237 g/mol. The van der Waals surface area contributed by atoms with Gasteiger partial charge in [0.25, 0.3) is 0 Å². The van der Waals surface area contributed by atoms with Crippen molar-refractivity contribution in [3.8, 4) is 0 Å². The highest BCUT2D eigenvalue weighted by Gasteiger charge is 2.50. The van der Waals surface area contributed by atoms with Crippen molar-refractivity contribution >= 4 is 17.6 Å². The highest BCUT2D eigenvalue weighted by Crippen LogP contribution is 2.58. The van der Waals surface area contributed by atoms with Crippen molar-refractivity contribution in [3.63, 3.8) is 0 Å². The van der Waals surface area contributed by atoms with Gasteiger partial charge in [-0.3, -0.25) is 4.79 Å². The molecule has 0 heterocycles. The normalized spacial score (nSPS) is 25.2. The van der Waals surface area contributed by atoms with Crippen LogP contribution in [0.15, 0.2) is 18.2 Å². The standard InChI is InChI=1S/C13H13ClO2/c14-10-4-1-3-8-9(12(15)16)7-13(11(8)10)5-2-6-13/h1,3-4,9H,2,5-7H2,(H,15,16). The van der Waals surface area contributed by atoms with Gasteiger partial charge in [0.15, 0.2) is 0 Å². The van der Waals surface area contributed by atoms with Gasteiger partial charge < -0.3 is 5.11 Å². The van der Waals surface area contributed by atoms with Crippen molar-refractivity contribution in [1.29, 1.82) is 0 Å². The molecule has 16 heavy (non-hydrogen) atoms. The summed E-state index contributed by atoms with van der Waals surface area (Å²) in [6.07, 6.45) is 4.11. The number of halogens is 1. The summed E-state index contributed by atoms with van der Waals surface area (Å²) >= 11 is 6.24. The third-order valence-corrected chi connectivity index (χ3v) is 4.47. The minimum Gasteiger partial charge on any atom is -0.481 e. The van der Waals surface area contributed by atoms with Crippen LogP contribution < -0.4 is 0 Å². The first-order chi connectivity index (χ1) is 7.64. The molecule has 1 aromatic rings. The van der Waals surface area contributed by atoms with Crippen LogP contribution in [0, 0.1) is 0 Å². The molecule has 2 aliphatic carbocycles. The maximum Gasteiger partial charge on any atom is 0.311 e. The number of rotatable bonds is 1. The zero-order valence-electron chi connectivity index (χ0n) is 8.87. The molecule has 1 fully saturated rings. The predicted molar refractivity (Wildman–Crippen MR) is 62.0 cm³/mol. The Kier molecular flexibility index (Phi) is 2.05. The van der Waals surface area contributed by atoms with Gasteiger partial charge in [-0.1, -0.05) is 30.2 Å². The Labute approximate surface area is 99.2 Å². The zero-order valence-corrected chi connectivity index (χ0v) is 9.63. The zero-order chi connectivity index (χ0) is 11.3. The number of carboxylic acid groups (broad SMARTS) is 1. The van der Waals surface area contributed by atoms with E-state index >= 15 is 0 Å². The second-order valence-electron chi connectivity index (χ2n) is 4.93. The molecule has 2 nitrogen and oxygen atoms in total. The SMILES string of the molecule is O=C(O)C1CC2(CCC2)c2c(Cl)cccc21.